The number of aryl methyl sites for hydroxylation is 1. The van der Waals surface area contributed by atoms with Crippen LogP contribution in [-0.2, 0) is 6.61 Å². The fourth-order valence-corrected chi connectivity index (χ4v) is 2.37. The van der Waals surface area contributed by atoms with Gasteiger partial charge in [-0.1, -0.05) is 29.9 Å². The van der Waals surface area contributed by atoms with Gasteiger partial charge in [-0.3, -0.25) is 0 Å². The summed E-state index contributed by atoms with van der Waals surface area (Å²) in [7, 11) is 0. The molecule has 122 valence electrons. The molecule has 2 aromatic rings. The van der Waals surface area contributed by atoms with E-state index in [2.05, 4.69) is 0 Å². The van der Waals surface area contributed by atoms with E-state index in [9.17, 15) is 4.39 Å². The van der Waals surface area contributed by atoms with Crippen LogP contribution in [0.5, 0.6) is 5.75 Å². The van der Waals surface area contributed by atoms with Crippen LogP contribution in [0.1, 0.15) is 22.3 Å². The Morgan fingerprint density at radius 2 is 1.96 bits per heavy atom. The van der Waals surface area contributed by atoms with Gasteiger partial charge in [0.05, 0.1) is 5.57 Å². The molecule has 2 N–H and O–H groups in total. The quantitative estimate of drug-likeness (QED) is 0.503. The summed E-state index contributed by atoms with van der Waals surface area (Å²) in [5.41, 5.74) is 9.68. The Kier molecular flexibility index (Phi) is 5.67. The van der Waals surface area contributed by atoms with E-state index in [4.69, 9.17) is 28.0 Å². The predicted molar refractivity (Wildman–Crippen MR) is 97.0 cm³/mol. The van der Waals surface area contributed by atoms with Crippen LogP contribution in [0.3, 0.4) is 0 Å². The van der Waals surface area contributed by atoms with Crippen molar-refractivity contribution >= 4 is 23.3 Å². The van der Waals surface area contributed by atoms with Crippen molar-refractivity contribution < 1.29 is 9.13 Å². The highest BCUT2D eigenvalue weighted by Gasteiger charge is 2.08. The summed E-state index contributed by atoms with van der Waals surface area (Å²) in [5.74, 6) is 0.290. The maximum Gasteiger partial charge on any atom is 0.123 e. The summed E-state index contributed by atoms with van der Waals surface area (Å²) in [5, 5.41) is 9.12. The molecule has 0 amide bonds. The molecule has 2 aromatic carbocycles. The van der Waals surface area contributed by atoms with Gasteiger partial charge in [0.15, 0.2) is 0 Å². The van der Waals surface area contributed by atoms with Gasteiger partial charge in [0, 0.05) is 0 Å². The largest absolute Gasteiger partial charge is 0.489 e. The first-order valence-corrected chi connectivity index (χ1v) is 7.71. The summed E-state index contributed by atoms with van der Waals surface area (Å²) in [4.78, 5) is 0.0718. The lowest BCUT2D eigenvalue weighted by molar-refractivity contribution is 0.305. The number of nitrogens with two attached hydrogens (primary N) is 1. The molecule has 0 unspecified atom stereocenters. The molecule has 3 nitrogen and oxygen atoms in total. The minimum Gasteiger partial charge on any atom is -0.489 e. The van der Waals surface area contributed by atoms with E-state index in [1.54, 1.807) is 18.2 Å². The van der Waals surface area contributed by atoms with E-state index < -0.39 is 0 Å². The molecule has 24 heavy (non-hydrogen) atoms. The first-order valence-electron chi connectivity index (χ1n) is 7.31. The molecule has 0 bridgehead atoms. The fourth-order valence-electron chi connectivity index (χ4n) is 2.27. The maximum absolute atomic E-state index is 12.9. The van der Waals surface area contributed by atoms with Crippen LogP contribution in [0.25, 0.3) is 6.08 Å². The standard InChI is InChI=1S/C19H17FN2OS/c1-12-7-14(9-15(10-21)19(22)24)13(2)16(8-12)11-23-18-5-3-17(20)4-6-18/h3-9H,11H2,1-2H3,(H2,22,24)/b15-9-. The molecule has 0 atom stereocenters. The van der Waals surface area contributed by atoms with Gasteiger partial charge in [0.2, 0.25) is 0 Å². The molecule has 5 heteroatoms. The summed E-state index contributed by atoms with van der Waals surface area (Å²) < 4.78 is 18.6. The minimum absolute atomic E-state index is 0.0718. The van der Waals surface area contributed by atoms with Crippen LogP contribution in [0.2, 0.25) is 0 Å². The van der Waals surface area contributed by atoms with Crippen molar-refractivity contribution in [2.75, 3.05) is 0 Å². The Labute approximate surface area is 146 Å². The molecule has 0 saturated heterocycles. The normalized spacial score (nSPS) is 11.0. The average molecular weight is 340 g/mol. The van der Waals surface area contributed by atoms with Gasteiger partial charge in [-0.05, 0) is 60.9 Å². The molecule has 0 aliphatic rings. The lowest BCUT2D eigenvalue weighted by atomic mass is 9.98. The molecule has 0 heterocycles. The van der Waals surface area contributed by atoms with Crippen molar-refractivity contribution in [3.63, 3.8) is 0 Å². The third-order valence-corrected chi connectivity index (χ3v) is 3.81. The fraction of sp³-hybridized carbons (Fsp3) is 0.158. The van der Waals surface area contributed by atoms with E-state index in [1.807, 2.05) is 32.0 Å². The molecule has 0 aliphatic heterocycles. The van der Waals surface area contributed by atoms with Gasteiger partial charge in [-0.2, -0.15) is 5.26 Å². The van der Waals surface area contributed by atoms with Crippen molar-refractivity contribution in [3.05, 3.63) is 70.0 Å². The lowest BCUT2D eigenvalue weighted by Gasteiger charge is -2.13. The molecular weight excluding hydrogens is 323 g/mol. The molecule has 0 saturated carbocycles. The van der Waals surface area contributed by atoms with Gasteiger partial charge >= 0.3 is 0 Å². The minimum atomic E-state index is -0.303. The summed E-state index contributed by atoms with van der Waals surface area (Å²) in [6, 6.07) is 11.9. The first kappa shape index (κ1) is 17.6. The van der Waals surface area contributed by atoms with Crippen molar-refractivity contribution in [1.82, 2.24) is 0 Å². The zero-order valence-electron chi connectivity index (χ0n) is 13.5. The van der Waals surface area contributed by atoms with Gasteiger partial charge in [0.25, 0.3) is 0 Å². The number of thiocarbonyl (C=S) groups is 1. The third-order valence-electron chi connectivity index (χ3n) is 3.59. The number of nitrogens with zero attached hydrogens (tertiary/aromatic N) is 1. The van der Waals surface area contributed by atoms with Crippen LogP contribution >= 0.6 is 12.2 Å². The van der Waals surface area contributed by atoms with Gasteiger partial charge in [-0.25, -0.2) is 4.39 Å². The summed E-state index contributed by atoms with van der Waals surface area (Å²) in [6.45, 7) is 4.25. The smallest absolute Gasteiger partial charge is 0.123 e. The van der Waals surface area contributed by atoms with Crippen LogP contribution in [-0.4, -0.2) is 4.99 Å². The lowest BCUT2D eigenvalue weighted by Crippen LogP contribution is -2.10. The second kappa shape index (κ2) is 7.71. The zero-order chi connectivity index (χ0) is 17.7. The highest BCUT2D eigenvalue weighted by atomic mass is 32.1. The van der Waals surface area contributed by atoms with Crippen molar-refractivity contribution in [2.45, 2.75) is 20.5 Å². The molecule has 0 fully saturated rings. The highest BCUT2D eigenvalue weighted by molar-refractivity contribution is 7.80. The maximum atomic E-state index is 12.9. The zero-order valence-corrected chi connectivity index (χ0v) is 14.3. The van der Waals surface area contributed by atoms with Crippen LogP contribution in [0, 0.1) is 31.0 Å². The monoisotopic (exact) mass is 340 g/mol. The van der Waals surface area contributed by atoms with Crippen LogP contribution < -0.4 is 10.5 Å². The van der Waals surface area contributed by atoms with Gasteiger partial charge < -0.3 is 10.5 Å². The number of hydrogen-bond acceptors (Lipinski definition) is 3. The number of halogens is 1. The Balaban J connectivity index is 2.30. The number of rotatable bonds is 5. The molecule has 0 radical (unpaired) electrons. The molecule has 0 aromatic heterocycles. The second-order valence-electron chi connectivity index (χ2n) is 5.41. The molecule has 0 aliphatic carbocycles. The van der Waals surface area contributed by atoms with E-state index in [0.29, 0.717) is 12.4 Å². The van der Waals surface area contributed by atoms with Crippen LogP contribution in [0.15, 0.2) is 42.0 Å². The SMILES string of the molecule is Cc1cc(/C=C(/C#N)C(N)=S)c(C)c(COc2ccc(F)cc2)c1. The first-order chi connectivity index (χ1) is 11.4. The Morgan fingerprint density at radius 3 is 2.54 bits per heavy atom. The van der Waals surface area contributed by atoms with E-state index >= 15 is 0 Å². The second-order valence-corrected chi connectivity index (χ2v) is 5.85. The van der Waals surface area contributed by atoms with Crippen LogP contribution in [0.4, 0.5) is 4.39 Å². The molecule has 2 rings (SSSR count). The van der Waals surface area contributed by atoms with Gasteiger partial charge in [0.1, 0.15) is 29.2 Å². The Hall–Kier alpha value is -2.71. The summed E-state index contributed by atoms with van der Waals surface area (Å²) >= 11 is 4.88. The predicted octanol–water partition coefficient (Wildman–Crippen LogP) is 4.21. The van der Waals surface area contributed by atoms with Crippen molar-refractivity contribution in [2.24, 2.45) is 5.73 Å². The Bertz CT molecular complexity index is 836. The number of ether oxygens (including phenoxy) is 1. The van der Waals surface area contributed by atoms with E-state index in [1.165, 1.54) is 12.1 Å². The topological polar surface area (TPSA) is 59.0 Å². The molecule has 0 spiro atoms. The van der Waals surface area contributed by atoms with Gasteiger partial charge in [-0.15, -0.1) is 0 Å². The van der Waals surface area contributed by atoms with Crippen molar-refractivity contribution in [1.29, 1.82) is 5.26 Å². The Morgan fingerprint density at radius 1 is 1.29 bits per heavy atom. The van der Waals surface area contributed by atoms with E-state index in [0.717, 1.165) is 22.3 Å². The van der Waals surface area contributed by atoms with E-state index in [-0.39, 0.29) is 16.4 Å². The summed E-state index contributed by atoms with van der Waals surface area (Å²) in [6.07, 6.45) is 1.69. The number of hydrogen-bond donors (Lipinski definition) is 1. The number of benzene rings is 2. The molecular formula is C19H17FN2OS. The number of nitriles is 1. The third kappa shape index (κ3) is 4.40. The van der Waals surface area contributed by atoms with Crippen molar-refractivity contribution in [3.8, 4) is 11.8 Å². The average Bonchev–Trinajstić information content (AvgIpc) is 2.55. The highest BCUT2D eigenvalue weighted by Crippen LogP contribution is 2.22.